The molecule has 2 saturated heterocycles. The fourth-order valence-electron chi connectivity index (χ4n) is 3.40. The number of hydrogen-bond acceptors (Lipinski definition) is 4. The molecular weight excluding hydrogens is 282 g/mol. The van der Waals surface area contributed by atoms with E-state index < -0.39 is 0 Å². The van der Waals surface area contributed by atoms with E-state index in [-0.39, 0.29) is 17.9 Å². The van der Waals surface area contributed by atoms with Crippen LogP contribution in [0.15, 0.2) is 10.5 Å². The fourth-order valence-corrected chi connectivity index (χ4v) is 3.40. The average molecular weight is 305 g/mol. The largest absolute Gasteiger partial charge is 0.456 e. The van der Waals surface area contributed by atoms with Crippen molar-refractivity contribution in [2.24, 2.45) is 0 Å². The smallest absolute Gasteiger partial charge is 0.289 e. The summed E-state index contributed by atoms with van der Waals surface area (Å²) >= 11 is 0. The van der Waals surface area contributed by atoms with Crippen molar-refractivity contribution >= 4 is 11.8 Å². The van der Waals surface area contributed by atoms with Crippen molar-refractivity contribution in [2.45, 2.75) is 32.7 Å². The monoisotopic (exact) mass is 305 g/mol. The van der Waals surface area contributed by atoms with Crippen molar-refractivity contribution in [1.29, 1.82) is 0 Å². The third-order valence-electron chi connectivity index (χ3n) is 4.49. The summed E-state index contributed by atoms with van der Waals surface area (Å²) in [6.07, 6.45) is 1.89. The molecule has 2 aliphatic heterocycles. The first kappa shape index (κ1) is 15.1. The fraction of sp³-hybridized carbons (Fsp3) is 0.625. The number of amides is 2. The maximum Gasteiger partial charge on any atom is 0.289 e. The minimum atomic E-state index is -0.0575. The van der Waals surface area contributed by atoms with Gasteiger partial charge < -0.3 is 19.5 Å². The molecule has 1 aromatic heterocycles. The number of nitrogens with zero attached hydrogens (tertiary/aromatic N) is 2. The lowest BCUT2D eigenvalue weighted by Gasteiger charge is -2.40. The maximum absolute atomic E-state index is 12.7. The van der Waals surface area contributed by atoms with Crippen LogP contribution in [0.2, 0.25) is 0 Å². The van der Waals surface area contributed by atoms with Gasteiger partial charge in [-0.15, -0.1) is 0 Å². The number of aryl methyl sites for hydroxylation is 2. The highest BCUT2D eigenvalue weighted by Gasteiger charge is 2.33. The Kier molecular flexibility index (Phi) is 4.20. The quantitative estimate of drug-likeness (QED) is 0.883. The topological polar surface area (TPSA) is 65.8 Å². The number of furan rings is 1. The van der Waals surface area contributed by atoms with E-state index >= 15 is 0 Å². The van der Waals surface area contributed by atoms with Crippen LogP contribution in [0.1, 0.15) is 34.7 Å². The molecule has 120 valence electrons. The Morgan fingerprint density at radius 3 is 2.86 bits per heavy atom. The predicted molar refractivity (Wildman–Crippen MR) is 81.7 cm³/mol. The molecule has 0 aliphatic carbocycles. The lowest BCUT2D eigenvalue weighted by atomic mass is 10.0. The summed E-state index contributed by atoms with van der Waals surface area (Å²) in [6.45, 7) is 7.03. The van der Waals surface area contributed by atoms with E-state index in [0.717, 1.165) is 43.8 Å². The van der Waals surface area contributed by atoms with Gasteiger partial charge in [0.15, 0.2) is 5.76 Å². The van der Waals surface area contributed by atoms with Gasteiger partial charge in [0, 0.05) is 37.8 Å². The zero-order valence-electron chi connectivity index (χ0n) is 13.2. The van der Waals surface area contributed by atoms with E-state index in [1.165, 1.54) is 0 Å². The molecule has 2 aliphatic rings. The van der Waals surface area contributed by atoms with Gasteiger partial charge in [-0.3, -0.25) is 9.59 Å². The number of carbonyl (C=O) groups is 2. The van der Waals surface area contributed by atoms with Gasteiger partial charge in [0.2, 0.25) is 5.91 Å². The lowest BCUT2D eigenvalue weighted by Crippen LogP contribution is -2.57. The first-order valence-electron chi connectivity index (χ1n) is 7.93. The first-order chi connectivity index (χ1) is 10.6. The van der Waals surface area contributed by atoms with Gasteiger partial charge in [-0.1, -0.05) is 0 Å². The van der Waals surface area contributed by atoms with E-state index in [1.807, 2.05) is 29.7 Å². The highest BCUT2D eigenvalue weighted by atomic mass is 16.4. The van der Waals surface area contributed by atoms with Crippen molar-refractivity contribution in [3.8, 4) is 0 Å². The number of carbonyl (C=O) groups excluding carboxylic acids is 2. The SMILES string of the molecule is Cc1cc(C)c(C(=O)N2CCCC(N3CCNCC3=O)C2)o1. The first-order valence-corrected chi connectivity index (χ1v) is 7.93. The van der Waals surface area contributed by atoms with Gasteiger partial charge in [0.05, 0.1) is 6.54 Å². The van der Waals surface area contributed by atoms with Crippen LogP contribution in [0.25, 0.3) is 0 Å². The second-order valence-corrected chi connectivity index (χ2v) is 6.18. The standard InChI is InChI=1S/C16H23N3O3/c1-11-8-12(2)22-15(11)16(21)18-6-3-4-13(10-18)19-7-5-17-9-14(19)20/h8,13,17H,3-7,9-10H2,1-2H3. The van der Waals surface area contributed by atoms with Gasteiger partial charge in [0.1, 0.15) is 5.76 Å². The summed E-state index contributed by atoms with van der Waals surface area (Å²) in [7, 11) is 0. The minimum Gasteiger partial charge on any atom is -0.456 e. The number of piperazine rings is 1. The van der Waals surface area contributed by atoms with Crippen LogP contribution in [0.4, 0.5) is 0 Å². The molecule has 2 amide bonds. The second-order valence-electron chi connectivity index (χ2n) is 6.18. The van der Waals surface area contributed by atoms with Gasteiger partial charge >= 0.3 is 0 Å². The van der Waals surface area contributed by atoms with Crippen LogP contribution in [0.5, 0.6) is 0 Å². The maximum atomic E-state index is 12.7. The van der Waals surface area contributed by atoms with Crippen molar-refractivity contribution in [3.63, 3.8) is 0 Å². The molecule has 0 aromatic carbocycles. The molecule has 1 aromatic rings. The third kappa shape index (κ3) is 2.88. The Balaban J connectivity index is 1.71. The average Bonchev–Trinajstić information content (AvgIpc) is 2.86. The second kappa shape index (κ2) is 6.12. The zero-order chi connectivity index (χ0) is 15.7. The minimum absolute atomic E-state index is 0.0575. The molecule has 22 heavy (non-hydrogen) atoms. The van der Waals surface area contributed by atoms with Gasteiger partial charge in [-0.2, -0.15) is 0 Å². The predicted octanol–water partition coefficient (Wildman–Crippen LogP) is 0.933. The molecule has 0 bridgehead atoms. The molecule has 1 N–H and O–H groups in total. The molecule has 1 atom stereocenters. The van der Waals surface area contributed by atoms with Crippen LogP contribution in [-0.4, -0.2) is 60.4 Å². The molecule has 3 heterocycles. The van der Waals surface area contributed by atoms with Crippen molar-refractivity contribution in [3.05, 3.63) is 23.2 Å². The number of rotatable bonds is 2. The normalized spacial score (nSPS) is 23.0. The van der Waals surface area contributed by atoms with Crippen LogP contribution in [0, 0.1) is 13.8 Å². The van der Waals surface area contributed by atoms with Crippen molar-refractivity contribution in [2.75, 3.05) is 32.7 Å². The Labute approximate surface area is 130 Å². The zero-order valence-corrected chi connectivity index (χ0v) is 13.2. The summed E-state index contributed by atoms with van der Waals surface area (Å²) in [5, 5.41) is 3.09. The van der Waals surface area contributed by atoms with Crippen LogP contribution < -0.4 is 5.32 Å². The number of nitrogens with one attached hydrogen (secondary N) is 1. The summed E-state index contributed by atoms with van der Waals surface area (Å²) < 4.78 is 5.55. The Morgan fingerprint density at radius 1 is 1.36 bits per heavy atom. The lowest BCUT2D eigenvalue weighted by molar-refractivity contribution is -0.135. The summed E-state index contributed by atoms with van der Waals surface area (Å²) in [4.78, 5) is 28.5. The van der Waals surface area contributed by atoms with E-state index in [9.17, 15) is 9.59 Å². The third-order valence-corrected chi connectivity index (χ3v) is 4.49. The van der Waals surface area contributed by atoms with Crippen molar-refractivity contribution in [1.82, 2.24) is 15.1 Å². The number of piperidine rings is 1. The van der Waals surface area contributed by atoms with Gasteiger partial charge in [-0.25, -0.2) is 0 Å². The molecule has 6 nitrogen and oxygen atoms in total. The van der Waals surface area contributed by atoms with E-state index in [1.54, 1.807) is 0 Å². The van der Waals surface area contributed by atoms with Crippen LogP contribution in [0.3, 0.4) is 0 Å². The van der Waals surface area contributed by atoms with Gasteiger partial charge in [-0.05, 0) is 32.8 Å². The molecule has 0 saturated carbocycles. The summed E-state index contributed by atoms with van der Waals surface area (Å²) in [5.41, 5.74) is 0.878. The molecule has 2 fully saturated rings. The van der Waals surface area contributed by atoms with Crippen molar-refractivity contribution < 1.29 is 14.0 Å². The Hall–Kier alpha value is -1.82. The Bertz CT molecular complexity index is 581. The van der Waals surface area contributed by atoms with E-state index in [0.29, 0.717) is 18.8 Å². The summed E-state index contributed by atoms with van der Waals surface area (Å²) in [6, 6.07) is 2.01. The van der Waals surface area contributed by atoms with Crippen LogP contribution in [-0.2, 0) is 4.79 Å². The number of likely N-dealkylation sites (tertiary alicyclic amines) is 1. The molecule has 0 radical (unpaired) electrons. The highest BCUT2D eigenvalue weighted by molar-refractivity contribution is 5.93. The van der Waals surface area contributed by atoms with Gasteiger partial charge in [0.25, 0.3) is 5.91 Å². The summed E-state index contributed by atoms with van der Waals surface area (Å²) in [5.74, 6) is 1.27. The molecule has 0 spiro atoms. The van der Waals surface area contributed by atoms with E-state index in [2.05, 4.69) is 5.32 Å². The molecule has 1 unspecified atom stereocenters. The van der Waals surface area contributed by atoms with Crippen LogP contribution >= 0.6 is 0 Å². The Morgan fingerprint density at radius 2 is 2.18 bits per heavy atom. The number of hydrogen-bond donors (Lipinski definition) is 1. The molecule has 6 heteroatoms. The molecule has 3 rings (SSSR count). The van der Waals surface area contributed by atoms with E-state index in [4.69, 9.17) is 4.42 Å². The highest BCUT2D eigenvalue weighted by Crippen LogP contribution is 2.21. The molecular formula is C16H23N3O3.